The Kier molecular flexibility index (Phi) is 3.69. The van der Waals surface area contributed by atoms with Gasteiger partial charge in [-0.3, -0.25) is 4.90 Å². The number of hydrogen-bond donors (Lipinski definition) is 0. The van der Waals surface area contributed by atoms with E-state index >= 15 is 0 Å². The Hall–Kier alpha value is -1.16. The molecule has 1 aromatic rings. The number of rotatable bonds is 4. The first-order chi connectivity index (χ1) is 9.24. The number of likely N-dealkylation sites (tertiary alicyclic amines) is 1. The lowest BCUT2D eigenvalue weighted by Crippen LogP contribution is -2.63. The van der Waals surface area contributed by atoms with Crippen molar-refractivity contribution in [2.75, 3.05) is 31.1 Å². The summed E-state index contributed by atoms with van der Waals surface area (Å²) in [7, 11) is 0. The number of nitrogens with zero attached hydrogens (tertiary/aromatic N) is 4. The third kappa shape index (κ3) is 2.73. The molecule has 2 fully saturated rings. The summed E-state index contributed by atoms with van der Waals surface area (Å²) in [6, 6.07) is 2.70. The van der Waals surface area contributed by atoms with E-state index in [1.54, 1.807) is 0 Å². The number of aromatic nitrogens is 2. The van der Waals surface area contributed by atoms with Gasteiger partial charge in [0.2, 0.25) is 5.95 Å². The molecule has 4 heteroatoms. The van der Waals surface area contributed by atoms with Gasteiger partial charge in [0.25, 0.3) is 0 Å². The second kappa shape index (κ2) is 5.45. The van der Waals surface area contributed by atoms with Gasteiger partial charge in [-0.05, 0) is 31.4 Å². The van der Waals surface area contributed by atoms with Gasteiger partial charge in [0.15, 0.2) is 0 Å². The molecule has 3 heterocycles. The van der Waals surface area contributed by atoms with E-state index in [2.05, 4.69) is 33.6 Å². The largest absolute Gasteiger partial charge is 0.340 e. The molecule has 2 saturated heterocycles. The van der Waals surface area contributed by atoms with Crippen LogP contribution in [0.3, 0.4) is 0 Å². The Morgan fingerprint density at radius 2 is 2.05 bits per heavy atom. The minimum Gasteiger partial charge on any atom is -0.340 e. The Labute approximate surface area is 115 Å². The van der Waals surface area contributed by atoms with E-state index in [0.29, 0.717) is 0 Å². The lowest BCUT2D eigenvalue weighted by molar-refractivity contribution is -0.00104. The van der Waals surface area contributed by atoms with Gasteiger partial charge >= 0.3 is 0 Å². The molecule has 0 aromatic carbocycles. The summed E-state index contributed by atoms with van der Waals surface area (Å²) in [4.78, 5) is 13.8. The molecule has 19 heavy (non-hydrogen) atoms. The second-order valence-electron chi connectivity index (χ2n) is 6.29. The van der Waals surface area contributed by atoms with E-state index in [-0.39, 0.29) is 0 Å². The maximum Gasteiger partial charge on any atom is 0.225 e. The van der Waals surface area contributed by atoms with Gasteiger partial charge in [0, 0.05) is 44.0 Å². The van der Waals surface area contributed by atoms with Crippen LogP contribution in [0.5, 0.6) is 0 Å². The molecular formula is C15H24N4. The van der Waals surface area contributed by atoms with Crippen LogP contribution in [0.4, 0.5) is 5.95 Å². The molecule has 2 aliphatic rings. The highest BCUT2D eigenvalue weighted by molar-refractivity contribution is 5.30. The van der Waals surface area contributed by atoms with Crippen molar-refractivity contribution in [3.05, 3.63) is 18.5 Å². The molecule has 4 nitrogen and oxygen atoms in total. The van der Waals surface area contributed by atoms with Crippen LogP contribution in [0.15, 0.2) is 18.5 Å². The zero-order valence-corrected chi connectivity index (χ0v) is 12.0. The average Bonchev–Trinajstić information content (AvgIpc) is 2.40. The van der Waals surface area contributed by atoms with Gasteiger partial charge in [-0.1, -0.05) is 13.8 Å². The first-order valence-corrected chi connectivity index (χ1v) is 7.50. The summed E-state index contributed by atoms with van der Waals surface area (Å²) in [5.41, 5.74) is 0. The highest BCUT2D eigenvalue weighted by atomic mass is 15.3. The van der Waals surface area contributed by atoms with E-state index in [0.717, 1.165) is 36.9 Å². The molecule has 0 unspecified atom stereocenters. The first kappa shape index (κ1) is 12.9. The molecule has 0 N–H and O–H groups in total. The van der Waals surface area contributed by atoms with Crippen molar-refractivity contribution in [1.29, 1.82) is 0 Å². The molecule has 2 atom stereocenters. The van der Waals surface area contributed by atoms with Gasteiger partial charge in [-0.15, -0.1) is 0 Å². The minimum absolute atomic E-state index is 0.817. The number of hydrogen-bond acceptors (Lipinski definition) is 4. The summed E-state index contributed by atoms with van der Waals surface area (Å²) in [5.74, 6) is 2.54. The molecule has 0 radical (unpaired) electrons. The fourth-order valence-electron chi connectivity index (χ4n) is 3.30. The maximum absolute atomic E-state index is 4.37. The molecule has 0 spiro atoms. The van der Waals surface area contributed by atoms with Gasteiger partial charge in [-0.2, -0.15) is 0 Å². The number of anilines is 1. The summed E-state index contributed by atoms with van der Waals surface area (Å²) in [5, 5.41) is 0. The fourth-order valence-corrected chi connectivity index (χ4v) is 3.30. The topological polar surface area (TPSA) is 32.3 Å². The number of fused-ring (bicyclic) bond motifs is 1. The molecule has 1 aromatic heterocycles. The highest BCUT2D eigenvalue weighted by Gasteiger charge is 2.42. The molecular weight excluding hydrogens is 236 g/mol. The Morgan fingerprint density at radius 3 is 2.74 bits per heavy atom. The molecule has 0 bridgehead atoms. The molecule has 3 rings (SSSR count). The Bertz CT molecular complexity index is 406. The van der Waals surface area contributed by atoms with Crippen LogP contribution in [0.25, 0.3) is 0 Å². The highest BCUT2D eigenvalue weighted by Crippen LogP contribution is 2.33. The quantitative estimate of drug-likeness (QED) is 0.829. The molecule has 0 aliphatic carbocycles. The maximum atomic E-state index is 4.37. The second-order valence-corrected chi connectivity index (χ2v) is 6.29. The average molecular weight is 260 g/mol. The van der Waals surface area contributed by atoms with Crippen LogP contribution in [0, 0.1) is 11.8 Å². The molecule has 104 valence electrons. The normalized spacial score (nSPS) is 27.2. The third-order valence-electron chi connectivity index (χ3n) is 4.46. The zero-order valence-electron chi connectivity index (χ0n) is 12.0. The van der Waals surface area contributed by atoms with E-state index in [1.165, 1.54) is 25.9 Å². The van der Waals surface area contributed by atoms with Gasteiger partial charge < -0.3 is 4.90 Å². The first-order valence-electron chi connectivity index (χ1n) is 7.50. The predicted octanol–water partition coefficient (Wildman–Crippen LogP) is 2.03. The third-order valence-corrected chi connectivity index (χ3v) is 4.46. The summed E-state index contributed by atoms with van der Waals surface area (Å²) in [6.07, 6.45) is 6.27. The van der Waals surface area contributed by atoms with E-state index < -0.39 is 0 Å². The van der Waals surface area contributed by atoms with Gasteiger partial charge in [0.1, 0.15) is 0 Å². The SMILES string of the molecule is CC(C)CCN1C[C@H]2CN(c3ncccn3)CC[C@@H]21. The summed E-state index contributed by atoms with van der Waals surface area (Å²) >= 11 is 0. The number of piperidine rings is 1. The lowest BCUT2D eigenvalue weighted by atomic mass is 9.82. The molecule has 2 aliphatic heterocycles. The van der Waals surface area contributed by atoms with E-state index in [4.69, 9.17) is 0 Å². The minimum atomic E-state index is 0.817. The lowest BCUT2D eigenvalue weighted by Gasteiger charge is -2.53. The summed E-state index contributed by atoms with van der Waals surface area (Å²) in [6.45, 7) is 9.40. The van der Waals surface area contributed by atoms with Crippen LogP contribution in [-0.2, 0) is 0 Å². The zero-order chi connectivity index (χ0) is 13.2. The van der Waals surface area contributed by atoms with Crippen LogP contribution in [0.2, 0.25) is 0 Å². The standard InChI is InChI=1S/C15H24N4/c1-12(2)4-8-18-10-13-11-19(9-5-14(13)18)15-16-6-3-7-17-15/h3,6-7,12-14H,4-5,8-11H2,1-2H3/t13-,14-/m0/s1. The van der Waals surface area contributed by atoms with Crippen molar-refractivity contribution >= 4 is 5.95 Å². The van der Waals surface area contributed by atoms with Crippen molar-refractivity contribution in [1.82, 2.24) is 14.9 Å². The van der Waals surface area contributed by atoms with Crippen LogP contribution in [0.1, 0.15) is 26.7 Å². The van der Waals surface area contributed by atoms with Crippen molar-refractivity contribution in [2.24, 2.45) is 11.8 Å². The van der Waals surface area contributed by atoms with Crippen molar-refractivity contribution in [3.8, 4) is 0 Å². The Morgan fingerprint density at radius 1 is 1.26 bits per heavy atom. The predicted molar refractivity (Wildman–Crippen MR) is 77.2 cm³/mol. The molecule has 0 saturated carbocycles. The van der Waals surface area contributed by atoms with E-state index in [1.807, 2.05) is 18.5 Å². The van der Waals surface area contributed by atoms with Crippen LogP contribution >= 0.6 is 0 Å². The fraction of sp³-hybridized carbons (Fsp3) is 0.733. The Balaban J connectivity index is 1.52. The van der Waals surface area contributed by atoms with Gasteiger partial charge in [0.05, 0.1) is 0 Å². The molecule has 0 amide bonds. The summed E-state index contributed by atoms with van der Waals surface area (Å²) < 4.78 is 0. The van der Waals surface area contributed by atoms with Crippen molar-refractivity contribution < 1.29 is 0 Å². The van der Waals surface area contributed by atoms with Crippen molar-refractivity contribution in [3.63, 3.8) is 0 Å². The van der Waals surface area contributed by atoms with Crippen LogP contribution in [-0.4, -0.2) is 47.1 Å². The van der Waals surface area contributed by atoms with Gasteiger partial charge in [-0.25, -0.2) is 9.97 Å². The smallest absolute Gasteiger partial charge is 0.225 e. The monoisotopic (exact) mass is 260 g/mol. The van der Waals surface area contributed by atoms with Crippen LogP contribution < -0.4 is 4.90 Å². The van der Waals surface area contributed by atoms with Crippen molar-refractivity contribution in [2.45, 2.75) is 32.7 Å². The van der Waals surface area contributed by atoms with E-state index in [9.17, 15) is 0 Å².